The minimum atomic E-state index is 0.0764. The highest BCUT2D eigenvalue weighted by Gasteiger charge is 2.04. The molecule has 0 unspecified atom stereocenters. The molecule has 2 heterocycles. The van der Waals surface area contributed by atoms with Gasteiger partial charge in [-0.25, -0.2) is 9.67 Å². The van der Waals surface area contributed by atoms with E-state index in [1.54, 1.807) is 22.2 Å². The van der Waals surface area contributed by atoms with Crippen LogP contribution in [0.4, 0.5) is 0 Å². The van der Waals surface area contributed by atoms with E-state index in [1.165, 1.54) is 0 Å². The molecule has 90 valence electrons. The van der Waals surface area contributed by atoms with E-state index in [1.807, 2.05) is 24.6 Å². The predicted octanol–water partition coefficient (Wildman–Crippen LogP) is 1.40. The monoisotopic (exact) mass is 250 g/mol. The molecule has 0 aliphatic carbocycles. The number of nitrogens with zero attached hydrogens (tertiary/aromatic N) is 3. The molecule has 6 heteroatoms. The summed E-state index contributed by atoms with van der Waals surface area (Å²) < 4.78 is 1.73. The fourth-order valence-corrected chi connectivity index (χ4v) is 2.15. The highest BCUT2D eigenvalue weighted by atomic mass is 32.1. The Kier molecular flexibility index (Phi) is 3.87. The number of rotatable bonds is 5. The minimum absolute atomic E-state index is 0.0764. The lowest BCUT2D eigenvalue weighted by Crippen LogP contribution is -2.24. The van der Waals surface area contributed by atoms with Gasteiger partial charge in [0, 0.05) is 37.2 Å². The van der Waals surface area contributed by atoms with Crippen LogP contribution >= 0.6 is 11.3 Å². The fraction of sp³-hybridized carbons (Fsp3) is 0.364. The molecule has 0 atom stereocenters. The molecule has 0 aliphatic rings. The summed E-state index contributed by atoms with van der Waals surface area (Å²) in [5.41, 5.74) is 0.983. The lowest BCUT2D eigenvalue weighted by Gasteiger charge is -2.00. The van der Waals surface area contributed by atoms with Crippen molar-refractivity contribution >= 4 is 17.2 Å². The molecule has 2 rings (SSSR count). The maximum absolute atomic E-state index is 11.1. The zero-order valence-corrected chi connectivity index (χ0v) is 10.4. The smallest absolute Gasteiger partial charge is 0.219 e. The number of carbonyl (C=O) groups is 1. The Morgan fingerprint density at radius 2 is 2.47 bits per heavy atom. The van der Waals surface area contributed by atoms with Gasteiger partial charge >= 0.3 is 0 Å². The van der Waals surface area contributed by atoms with Gasteiger partial charge < -0.3 is 5.32 Å². The number of thiazole rings is 1. The van der Waals surface area contributed by atoms with Crippen LogP contribution in [-0.4, -0.2) is 27.2 Å². The van der Waals surface area contributed by atoms with Gasteiger partial charge in [0.05, 0.1) is 5.69 Å². The number of aromatic nitrogens is 3. The standard InChI is InChI=1S/C11H14N4OS/c1-2-10(16)12-6-4-9-8-17-11(14-9)15-7-3-5-13-15/h3,5,7-8H,2,4,6H2,1H3,(H,12,16). The molecule has 0 bridgehead atoms. The second-order valence-corrected chi connectivity index (χ2v) is 4.36. The summed E-state index contributed by atoms with van der Waals surface area (Å²) in [4.78, 5) is 15.5. The van der Waals surface area contributed by atoms with Crippen LogP contribution in [0, 0.1) is 0 Å². The number of hydrogen-bond acceptors (Lipinski definition) is 4. The van der Waals surface area contributed by atoms with E-state index in [2.05, 4.69) is 15.4 Å². The Bertz CT molecular complexity index is 477. The number of carbonyl (C=O) groups excluding carboxylic acids is 1. The van der Waals surface area contributed by atoms with E-state index in [0.29, 0.717) is 13.0 Å². The first kappa shape index (κ1) is 11.8. The maximum Gasteiger partial charge on any atom is 0.219 e. The van der Waals surface area contributed by atoms with Gasteiger partial charge in [0.25, 0.3) is 0 Å². The first-order valence-corrected chi connectivity index (χ1v) is 6.38. The molecule has 1 N–H and O–H groups in total. The summed E-state index contributed by atoms with van der Waals surface area (Å²) in [6.45, 7) is 2.48. The van der Waals surface area contributed by atoms with Crippen LogP contribution in [0.3, 0.4) is 0 Å². The summed E-state index contributed by atoms with van der Waals surface area (Å²) in [6, 6.07) is 1.86. The summed E-state index contributed by atoms with van der Waals surface area (Å²) in [5, 5.41) is 9.79. The van der Waals surface area contributed by atoms with Crippen molar-refractivity contribution in [2.45, 2.75) is 19.8 Å². The van der Waals surface area contributed by atoms with E-state index in [-0.39, 0.29) is 5.91 Å². The van der Waals surface area contributed by atoms with Crippen LogP contribution < -0.4 is 5.32 Å². The van der Waals surface area contributed by atoms with Crippen LogP contribution in [0.2, 0.25) is 0 Å². The van der Waals surface area contributed by atoms with Crippen molar-refractivity contribution in [3.63, 3.8) is 0 Å². The van der Waals surface area contributed by atoms with Gasteiger partial charge in [-0.3, -0.25) is 4.79 Å². The normalized spacial score (nSPS) is 10.4. The van der Waals surface area contributed by atoms with Gasteiger partial charge in [-0.1, -0.05) is 6.92 Å². The molecule has 0 saturated carbocycles. The summed E-state index contributed by atoms with van der Waals surface area (Å²) >= 11 is 1.55. The Morgan fingerprint density at radius 3 is 3.18 bits per heavy atom. The van der Waals surface area contributed by atoms with Crippen molar-refractivity contribution in [2.24, 2.45) is 0 Å². The average Bonchev–Trinajstić information content (AvgIpc) is 2.98. The predicted molar refractivity (Wildman–Crippen MR) is 66.2 cm³/mol. The van der Waals surface area contributed by atoms with Crippen LogP contribution in [0.5, 0.6) is 0 Å². The van der Waals surface area contributed by atoms with Crippen molar-refractivity contribution in [1.29, 1.82) is 0 Å². The van der Waals surface area contributed by atoms with Crippen molar-refractivity contribution in [2.75, 3.05) is 6.54 Å². The molecule has 2 aromatic rings. The van der Waals surface area contributed by atoms with Gasteiger partial charge in [0.2, 0.25) is 11.0 Å². The molecule has 1 amide bonds. The quantitative estimate of drug-likeness (QED) is 0.872. The maximum atomic E-state index is 11.1. The van der Waals surface area contributed by atoms with Crippen LogP contribution in [0.15, 0.2) is 23.8 Å². The Hall–Kier alpha value is -1.69. The third-order valence-electron chi connectivity index (χ3n) is 2.26. The van der Waals surface area contributed by atoms with Crippen molar-refractivity contribution < 1.29 is 4.79 Å². The highest BCUT2D eigenvalue weighted by molar-refractivity contribution is 7.12. The third-order valence-corrected chi connectivity index (χ3v) is 3.14. The molecule has 2 aromatic heterocycles. The molecule has 0 aliphatic heterocycles. The molecular weight excluding hydrogens is 236 g/mol. The van der Waals surface area contributed by atoms with E-state index >= 15 is 0 Å². The second kappa shape index (κ2) is 5.58. The highest BCUT2D eigenvalue weighted by Crippen LogP contribution is 2.13. The van der Waals surface area contributed by atoms with Crippen LogP contribution in [0.25, 0.3) is 5.13 Å². The van der Waals surface area contributed by atoms with Gasteiger partial charge in [-0.05, 0) is 6.07 Å². The molecule has 0 radical (unpaired) electrons. The summed E-state index contributed by atoms with van der Waals surface area (Å²) in [5.74, 6) is 0.0764. The molecule has 5 nitrogen and oxygen atoms in total. The third kappa shape index (κ3) is 3.13. The van der Waals surface area contributed by atoms with Gasteiger partial charge in [-0.2, -0.15) is 5.10 Å². The molecule has 0 saturated heterocycles. The fourth-order valence-electron chi connectivity index (χ4n) is 1.35. The summed E-state index contributed by atoms with van der Waals surface area (Å²) in [7, 11) is 0. The van der Waals surface area contributed by atoms with Crippen molar-refractivity contribution in [3.8, 4) is 5.13 Å². The first-order chi connectivity index (χ1) is 8.29. The van der Waals surface area contributed by atoms with E-state index in [0.717, 1.165) is 17.2 Å². The zero-order valence-electron chi connectivity index (χ0n) is 9.59. The molecule has 17 heavy (non-hydrogen) atoms. The Balaban J connectivity index is 1.89. The van der Waals surface area contributed by atoms with Crippen LogP contribution in [-0.2, 0) is 11.2 Å². The minimum Gasteiger partial charge on any atom is -0.356 e. The second-order valence-electron chi connectivity index (χ2n) is 3.53. The number of amides is 1. The molecule has 0 fully saturated rings. The topological polar surface area (TPSA) is 59.8 Å². The first-order valence-electron chi connectivity index (χ1n) is 5.50. The van der Waals surface area contributed by atoms with E-state index in [4.69, 9.17) is 0 Å². The lowest BCUT2D eigenvalue weighted by atomic mass is 10.3. The lowest BCUT2D eigenvalue weighted by molar-refractivity contribution is -0.120. The van der Waals surface area contributed by atoms with Crippen molar-refractivity contribution in [3.05, 3.63) is 29.5 Å². The number of hydrogen-bond donors (Lipinski definition) is 1. The van der Waals surface area contributed by atoms with Gasteiger partial charge in [-0.15, -0.1) is 11.3 Å². The van der Waals surface area contributed by atoms with E-state index in [9.17, 15) is 4.79 Å². The number of nitrogens with one attached hydrogen (secondary N) is 1. The zero-order chi connectivity index (χ0) is 12.1. The Morgan fingerprint density at radius 1 is 1.59 bits per heavy atom. The van der Waals surface area contributed by atoms with Gasteiger partial charge in [0.15, 0.2) is 0 Å². The van der Waals surface area contributed by atoms with Crippen LogP contribution in [0.1, 0.15) is 19.0 Å². The van der Waals surface area contributed by atoms with E-state index < -0.39 is 0 Å². The average molecular weight is 250 g/mol. The molecule has 0 aromatic carbocycles. The largest absolute Gasteiger partial charge is 0.356 e. The van der Waals surface area contributed by atoms with Crippen molar-refractivity contribution in [1.82, 2.24) is 20.1 Å². The SMILES string of the molecule is CCC(=O)NCCc1csc(-n2cccn2)n1. The molecule has 0 spiro atoms. The Labute approximate surface area is 103 Å². The molecular formula is C11H14N4OS. The summed E-state index contributed by atoms with van der Waals surface area (Å²) in [6.07, 6.45) is 4.86. The van der Waals surface area contributed by atoms with Gasteiger partial charge in [0.1, 0.15) is 0 Å².